The van der Waals surface area contributed by atoms with Gasteiger partial charge < -0.3 is 14.4 Å². The lowest BCUT2D eigenvalue weighted by atomic mass is 10.0. The Morgan fingerprint density at radius 1 is 1.12 bits per heavy atom. The van der Waals surface area contributed by atoms with Crippen LogP contribution in [0.15, 0.2) is 46.9 Å². The standard InChI is InChI=1S/C19H22BrNO3/c1-5-21(13(2)14-7-6-8-15(11-14)23-3)19(22)17-12-16(24-4)9-10-18(17)20/h6-13H,5H2,1-4H3. The van der Waals surface area contributed by atoms with E-state index in [4.69, 9.17) is 9.47 Å². The van der Waals surface area contributed by atoms with Gasteiger partial charge in [0.05, 0.1) is 25.8 Å². The van der Waals surface area contributed by atoms with Crippen molar-refractivity contribution in [1.82, 2.24) is 4.90 Å². The maximum atomic E-state index is 13.0. The van der Waals surface area contributed by atoms with Gasteiger partial charge in [-0.05, 0) is 65.7 Å². The van der Waals surface area contributed by atoms with Gasteiger partial charge in [-0.15, -0.1) is 0 Å². The van der Waals surface area contributed by atoms with Crippen LogP contribution in [0.25, 0.3) is 0 Å². The number of nitrogens with zero attached hydrogens (tertiary/aromatic N) is 1. The molecule has 0 heterocycles. The second-order valence-corrected chi connectivity index (χ2v) is 6.24. The van der Waals surface area contributed by atoms with E-state index in [0.717, 1.165) is 15.8 Å². The van der Waals surface area contributed by atoms with E-state index in [1.165, 1.54) is 0 Å². The van der Waals surface area contributed by atoms with Crippen LogP contribution in [0.4, 0.5) is 0 Å². The van der Waals surface area contributed by atoms with Gasteiger partial charge >= 0.3 is 0 Å². The minimum Gasteiger partial charge on any atom is -0.497 e. The second-order valence-electron chi connectivity index (χ2n) is 5.39. The average molecular weight is 392 g/mol. The highest BCUT2D eigenvalue weighted by molar-refractivity contribution is 9.10. The SMILES string of the molecule is CCN(C(=O)c1cc(OC)ccc1Br)C(C)c1cccc(OC)c1. The Balaban J connectivity index is 2.34. The van der Waals surface area contributed by atoms with Crippen LogP contribution in [0, 0.1) is 0 Å². The zero-order valence-corrected chi connectivity index (χ0v) is 16.0. The first-order valence-corrected chi connectivity index (χ1v) is 8.59. The van der Waals surface area contributed by atoms with Crippen LogP contribution < -0.4 is 9.47 Å². The highest BCUT2D eigenvalue weighted by atomic mass is 79.9. The molecule has 0 saturated carbocycles. The Morgan fingerprint density at radius 2 is 1.79 bits per heavy atom. The van der Waals surface area contributed by atoms with Crippen molar-refractivity contribution in [2.75, 3.05) is 20.8 Å². The first-order valence-electron chi connectivity index (χ1n) is 7.80. The number of rotatable bonds is 6. The largest absolute Gasteiger partial charge is 0.497 e. The molecule has 24 heavy (non-hydrogen) atoms. The van der Waals surface area contributed by atoms with Gasteiger partial charge in [0, 0.05) is 11.0 Å². The Morgan fingerprint density at radius 3 is 2.42 bits per heavy atom. The molecule has 0 aromatic heterocycles. The van der Waals surface area contributed by atoms with E-state index in [9.17, 15) is 4.79 Å². The molecule has 0 aliphatic heterocycles. The fourth-order valence-corrected chi connectivity index (χ4v) is 3.04. The van der Waals surface area contributed by atoms with Gasteiger partial charge in [-0.2, -0.15) is 0 Å². The zero-order chi connectivity index (χ0) is 17.7. The number of benzene rings is 2. The quantitative estimate of drug-likeness (QED) is 0.716. The van der Waals surface area contributed by atoms with E-state index in [1.54, 1.807) is 20.3 Å². The number of carbonyl (C=O) groups excluding carboxylic acids is 1. The summed E-state index contributed by atoms with van der Waals surface area (Å²) in [7, 11) is 3.23. The molecular formula is C19H22BrNO3. The summed E-state index contributed by atoms with van der Waals surface area (Å²) in [6.45, 7) is 4.59. The maximum Gasteiger partial charge on any atom is 0.255 e. The van der Waals surface area contributed by atoms with Crippen LogP contribution in [0.1, 0.15) is 35.8 Å². The predicted octanol–water partition coefficient (Wildman–Crippen LogP) is 4.69. The third-order valence-corrected chi connectivity index (χ3v) is 4.74. The highest BCUT2D eigenvalue weighted by Gasteiger charge is 2.23. The molecule has 0 aliphatic carbocycles. The number of amides is 1. The van der Waals surface area contributed by atoms with Crippen molar-refractivity contribution >= 4 is 21.8 Å². The average Bonchev–Trinajstić information content (AvgIpc) is 2.62. The minimum absolute atomic E-state index is 0.0430. The lowest BCUT2D eigenvalue weighted by Crippen LogP contribution is -2.33. The van der Waals surface area contributed by atoms with E-state index >= 15 is 0 Å². The van der Waals surface area contributed by atoms with Gasteiger partial charge in [0.25, 0.3) is 5.91 Å². The Hall–Kier alpha value is -2.01. The lowest BCUT2D eigenvalue weighted by molar-refractivity contribution is 0.0700. The van der Waals surface area contributed by atoms with Crippen molar-refractivity contribution in [3.63, 3.8) is 0 Å². The van der Waals surface area contributed by atoms with Gasteiger partial charge in [0.1, 0.15) is 11.5 Å². The smallest absolute Gasteiger partial charge is 0.255 e. The Labute approximate surface area is 151 Å². The predicted molar refractivity (Wildman–Crippen MR) is 98.8 cm³/mol. The molecule has 4 nitrogen and oxygen atoms in total. The van der Waals surface area contributed by atoms with Crippen molar-refractivity contribution in [2.45, 2.75) is 19.9 Å². The van der Waals surface area contributed by atoms with Crippen LogP contribution in [-0.2, 0) is 0 Å². The Bertz CT molecular complexity index is 718. The molecule has 0 spiro atoms. The van der Waals surface area contributed by atoms with Crippen LogP contribution in [0.5, 0.6) is 11.5 Å². The summed E-state index contributed by atoms with van der Waals surface area (Å²) < 4.78 is 11.3. The molecule has 128 valence electrons. The monoisotopic (exact) mass is 391 g/mol. The second kappa shape index (κ2) is 8.20. The summed E-state index contributed by atoms with van der Waals surface area (Å²) in [5.74, 6) is 1.40. The number of carbonyl (C=O) groups is 1. The number of ether oxygens (including phenoxy) is 2. The van der Waals surface area contributed by atoms with Crippen LogP contribution >= 0.6 is 15.9 Å². The minimum atomic E-state index is -0.0734. The van der Waals surface area contributed by atoms with Crippen LogP contribution in [0.3, 0.4) is 0 Å². The van der Waals surface area contributed by atoms with Gasteiger partial charge in [0.15, 0.2) is 0 Å². The zero-order valence-electron chi connectivity index (χ0n) is 14.4. The molecular weight excluding hydrogens is 370 g/mol. The van der Waals surface area contributed by atoms with E-state index in [0.29, 0.717) is 17.9 Å². The normalized spacial score (nSPS) is 11.7. The van der Waals surface area contributed by atoms with E-state index in [-0.39, 0.29) is 11.9 Å². The van der Waals surface area contributed by atoms with E-state index in [1.807, 2.05) is 55.1 Å². The lowest BCUT2D eigenvalue weighted by Gasteiger charge is -2.29. The molecule has 0 saturated heterocycles. The van der Waals surface area contributed by atoms with Crippen LogP contribution in [-0.4, -0.2) is 31.6 Å². The summed E-state index contributed by atoms with van der Waals surface area (Å²) in [4.78, 5) is 14.9. The van der Waals surface area contributed by atoms with Crippen LogP contribution in [0.2, 0.25) is 0 Å². The van der Waals surface area contributed by atoms with Crippen molar-refractivity contribution in [3.05, 3.63) is 58.1 Å². The van der Waals surface area contributed by atoms with Gasteiger partial charge in [-0.1, -0.05) is 12.1 Å². The topological polar surface area (TPSA) is 38.8 Å². The summed E-state index contributed by atoms with van der Waals surface area (Å²) >= 11 is 3.46. The van der Waals surface area contributed by atoms with Gasteiger partial charge in [-0.25, -0.2) is 0 Å². The van der Waals surface area contributed by atoms with Gasteiger partial charge in [0.2, 0.25) is 0 Å². The summed E-state index contributed by atoms with van der Waals surface area (Å²) in [5, 5.41) is 0. The first-order chi connectivity index (χ1) is 11.5. The molecule has 0 aliphatic rings. The fraction of sp³-hybridized carbons (Fsp3) is 0.316. The molecule has 2 rings (SSSR count). The van der Waals surface area contributed by atoms with E-state index in [2.05, 4.69) is 15.9 Å². The van der Waals surface area contributed by atoms with E-state index < -0.39 is 0 Å². The Kier molecular flexibility index (Phi) is 6.26. The number of hydrogen-bond donors (Lipinski definition) is 0. The maximum absolute atomic E-state index is 13.0. The molecule has 1 amide bonds. The van der Waals surface area contributed by atoms with Gasteiger partial charge in [-0.3, -0.25) is 4.79 Å². The molecule has 0 bridgehead atoms. The molecule has 0 fully saturated rings. The summed E-state index contributed by atoms with van der Waals surface area (Å²) in [5.41, 5.74) is 1.62. The molecule has 5 heteroatoms. The van der Waals surface area contributed by atoms with Crippen molar-refractivity contribution in [1.29, 1.82) is 0 Å². The van der Waals surface area contributed by atoms with Crippen molar-refractivity contribution in [2.24, 2.45) is 0 Å². The molecule has 1 unspecified atom stereocenters. The third-order valence-electron chi connectivity index (χ3n) is 4.05. The summed E-state index contributed by atoms with van der Waals surface area (Å²) in [6, 6.07) is 13.1. The number of methoxy groups -OCH3 is 2. The van der Waals surface area contributed by atoms with Crippen molar-refractivity contribution in [3.8, 4) is 11.5 Å². The van der Waals surface area contributed by atoms with Crippen molar-refractivity contribution < 1.29 is 14.3 Å². The molecule has 0 radical (unpaired) electrons. The fourth-order valence-electron chi connectivity index (χ4n) is 2.62. The third kappa shape index (κ3) is 3.90. The molecule has 2 aromatic carbocycles. The molecule has 1 atom stereocenters. The highest BCUT2D eigenvalue weighted by Crippen LogP contribution is 2.29. The number of hydrogen-bond acceptors (Lipinski definition) is 3. The molecule has 0 N–H and O–H groups in total. The summed E-state index contributed by atoms with van der Waals surface area (Å²) in [6.07, 6.45) is 0. The first kappa shape index (κ1) is 18.3. The molecule has 2 aromatic rings. The number of halogens is 1.